The lowest BCUT2D eigenvalue weighted by Gasteiger charge is -2.11. The first-order valence-electron chi connectivity index (χ1n) is 7.24. The molecule has 0 fully saturated rings. The molecule has 0 radical (unpaired) electrons. The summed E-state index contributed by atoms with van der Waals surface area (Å²) in [5, 5.41) is 11.4. The Hall–Kier alpha value is -2.04. The van der Waals surface area contributed by atoms with Gasteiger partial charge in [0.05, 0.1) is 13.0 Å². The minimum Gasteiger partial charge on any atom is -0.493 e. The van der Waals surface area contributed by atoms with E-state index in [1.54, 1.807) is 0 Å². The van der Waals surface area contributed by atoms with Crippen LogP contribution in [0.5, 0.6) is 5.75 Å². The van der Waals surface area contributed by atoms with E-state index in [2.05, 4.69) is 5.32 Å². The van der Waals surface area contributed by atoms with E-state index >= 15 is 0 Å². The summed E-state index contributed by atoms with van der Waals surface area (Å²) in [6, 6.07) is 9.37. The molecule has 1 atom stereocenters. The third-order valence-corrected chi connectivity index (χ3v) is 3.15. The number of carboxylic acid groups (broad SMARTS) is 1. The van der Waals surface area contributed by atoms with Crippen molar-refractivity contribution < 1.29 is 19.4 Å². The standard InChI is InChI=1S/C16H23NO4/c1-13(7-8-16(19)20)9-11-17-15(18)10-12-21-14-5-3-2-4-6-14/h2-6,13H,7-12H2,1H3,(H,17,18)(H,19,20). The SMILES string of the molecule is CC(CCNC(=O)CCOc1ccccc1)CCC(=O)O. The molecule has 1 rings (SSSR count). The lowest BCUT2D eigenvalue weighted by molar-refractivity contribution is -0.137. The van der Waals surface area contributed by atoms with Crippen molar-refractivity contribution in [2.24, 2.45) is 5.92 Å². The number of hydrogen-bond acceptors (Lipinski definition) is 3. The Morgan fingerprint density at radius 1 is 1.19 bits per heavy atom. The minimum absolute atomic E-state index is 0.0450. The molecule has 0 saturated carbocycles. The zero-order valence-corrected chi connectivity index (χ0v) is 12.4. The van der Waals surface area contributed by atoms with Crippen LogP contribution in [0.3, 0.4) is 0 Å². The molecule has 5 nitrogen and oxygen atoms in total. The molecule has 21 heavy (non-hydrogen) atoms. The van der Waals surface area contributed by atoms with Gasteiger partial charge in [-0.1, -0.05) is 25.1 Å². The van der Waals surface area contributed by atoms with Crippen LogP contribution in [0.15, 0.2) is 30.3 Å². The average molecular weight is 293 g/mol. The van der Waals surface area contributed by atoms with Gasteiger partial charge in [0.2, 0.25) is 5.91 Å². The Kier molecular flexibility index (Phi) is 7.94. The van der Waals surface area contributed by atoms with Gasteiger partial charge in [-0.3, -0.25) is 9.59 Å². The number of benzene rings is 1. The molecular formula is C16H23NO4. The highest BCUT2D eigenvalue weighted by molar-refractivity contribution is 5.75. The lowest BCUT2D eigenvalue weighted by atomic mass is 10.0. The van der Waals surface area contributed by atoms with Crippen LogP contribution in [0.4, 0.5) is 0 Å². The number of carboxylic acids is 1. The number of carbonyl (C=O) groups excluding carboxylic acids is 1. The molecule has 1 aromatic rings. The molecule has 1 unspecified atom stereocenters. The molecule has 0 aliphatic heterocycles. The highest BCUT2D eigenvalue weighted by Gasteiger charge is 2.07. The van der Waals surface area contributed by atoms with Gasteiger partial charge in [-0.2, -0.15) is 0 Å². The number of para-hydroxylation sites is 1. The highest BCUT2D eigenvalue weighted by atomic mass is 16.5. The number of aliphatic carboxylic acids is 1. The molecule has 2 N–H and O–H groups in total. The fourth-order valence-electron chi connectivity index (χ4n) is 1.84. The second kappa shape index (κ2) is 9.80. The number of carbonyl (C=O) groups is 2. The van der Waals surface area contributed by atoms with Crippen LogP contribution in [0, 0.1) is 5.92 Å². The van der Waals surface area contributed by atoms with E-state index in [4.69, 9.17) is 9.84 Å². The number of ether oxygens (including phenoxy) is 1. The van der Waals surface area contributed by atoms with Crippen LogP contribution in [0.1, 0.15) is 32.6 Å². The Labute approximate surface area is 125 Å². The third-order valence-electron chi connectivity index (χ3n) is 3.15. The van der Waals surface area contributed by atoms with Crippen molar-refractivity contribution in [1.29, 1.82) is 0 Å². The van der Waals surface area contributed by atoms with Crippen molar-refractivity contribution in [3.05, 3.63) is 30.3 Å². The quantitative estimate of drug-likeness (QED) is 0.695. The van der Waals surface area contributed by atoms with Crippen LogP contribution in [-0.2, 0) is 9.59 Å². The van der Waals surface area contributed by atoms with E-state index in [-0.39, 0.29) is 12.3 Å². The molecule has 0 aliphatic carbocycles. The van der Waals surface area contributed by atoms with Crippen LogP contribution in [0.25, 0.3) is 0 Å². The fourth-order valence-corrected chi connectivity index (χ4v) is 1.84. The molecule has 0 aliphatic rings. The summed E-state index contributed by atoms with van der Waals surface area (Å²) in [5.74, 6) is 0.231. The van der Waals surface area contributed by atoms with E-state index < -0.39 is 5.97 Å². The van der Waals surface area contributed by atoms with Crippen LogP contribution < -0.4 is 10.1 Å². The van der Waals surface area contributed by atoms with Gasteiger partial charge in [0.15, 0.2) is 0 Å². The van der Waals surface area contributed by atoms with Crippen LogP contribution in [-0.4, -0.2) is 30.1 Å². The van der Waals surface area contributed by atoms with Gasteiger partial charge in [0.25, 0.3) is 0 Å². The lowest BCUT2D eigenvalue weighted by Crippen LogP contribution is -2.27. The Morgan fingerprint density at radius 2 is 1.90 bits per heavy atom. The summed E-state index contributed by atoms with van der Waals surface area (Å²) in [6.07, 6.45) is 1.93. The largest absolute Gasteiger partial charge is 0.493 e. The number of rotatable bonds is 10. The molecule has 0 saturated heterocycles. The van der Waals surface area contributed by atoms with Gasteiger partial charge in [-0.15, -0.1) is 0 Å². The predicted molar refractivity (Wildman–Crippen MR) is 80.2 cm³/mol. The van der Waals surface area contributed by atoms with Crippen molar-refractivity contribution in [1.82, 2.24) is 5.32 Å². The van der Waals surface area contributed by atoms with Gasteiger partial charge in [0, 0.05) is 13.0 Å². The van der Waals surface area contributed by atoms with Gasteiger partial charge < -0.3 is 15.2 Å². The van der Waals surface area contributed by atoms with Crippen molar-refractivity contribution in [2.45, 2.75) is 32.6 Å². The third kappa shape index (κ3) is 8.68. The first kappa shape index (κ1) is 17.0. The second-order valence-corrected chi connectivity index (χ2v) is 5.09. The van der Waals surface area contributed by atoms with E-state index in [1.807, 2.05) is 37.3 Å². The Bertz CT molecular complexity index is 433. The summed E-state index contributed by atoms with van der Waals surface area (Å²) >= 11 is 0. The van der Waals surface area contributed by atoms with Gasteiger partial charge in [-0.05, 0) is 30.9 Å². The predicted octanol–water partition coefficient (Wildman–Crippen LogP) is 2.46. The van der Waals surface area contributed by atoms with Crippen molar-refractivity contribution in [3.8, 4) is 5.75 Å². The zero-order chi connectivity index (χ0) is 15.5. The first-order chi connectivity index (χ1) is 10.1. The van der Waals surface area contributed by atoms with Gasteiger partial charge in [-0.25, -0.2) is 0 Å². The smallest absolute Gasteiger partial charge is 0.303 e. The molecule has 5 heteroatoms. The summed E-state index contributed by atoms with van der Waals surface area (Å²) in [4.78, 5) is 22.0. The van der Waals surface area contributed by atoms with E-state index in [0.29, 0.717) is 31.9 Å². The normalized spacial score (nSPS) is 11.7. The van der Waals surface area contributed by atoms with Crippen LogP contribution >= 0.6 is 0 Å². The molecule has 0 aromatic heterocycles. The summed E-state index contributed by atoms with van der Waals surface area (Å²) in [7, 11) is 0. The second-order valence-electron chi connectivity index (χ2n) is 5.09. The van der Waals surface area contributed by atoms with E-state index in [9.17, 15) is 9.59 Å². The maximum Gasteiger partial charge on any atom is 0.303 e. The number of nitrogens with one attached hydrogen (secondary N) is 1. The summed E-state index contributed by atoms with van der Waals surface area (Å²) in [6.45, 7) is 2.92. The molecule has 0 spiro atoms. The maximum atomic E-state index is 11.6. The molecular weight excluding hydrogens is 270 g/mol. The summed E-state index contributed by atoms with van der Waals surface area (Å²) < 4.78 is 5.44. The molecule has 0 bridgehead atoms. The topological polar surface area (TPSA) is 75.6 Å². The van der Waals surface area contributed by atoms with Crippen molar-refractivity contribution in [2.75, 3.05) is 13.2 Å². The molecule has 1 aromatic carbocycles. The minimum atomic E-state index is -0.774. The zero-order valence-electron chi connectivity index (χ0n) is 12.4. The Balaban J connectivity index is 2.05. The molecule has 1 amide bonds. The monoisotopic (exact) mass is 293 g/mol. The van der Waals surface area contributed by atoms with E-state index in [0.717, 1.165) is 12.2 Å². The molecule has 116 valence electrons. The summed E-state index contributed by atoms with van der Waals surface area (Å²) in [5.41, 5.74) is 0. The van der Waals surface area contributed by atoms with Gasteiger partial charge in [0.1, 0.15) is 5.75 Å². The number of hydrogen-bond donors (Lipinski definition) is 2. The maximum absolute atomic E-state index is 11.6. The highest BCUT2D eigenvalue weighted by Crippen LogP contribution is 2.10. The first-order valence-corrected chi connectivity index (χ1v) is 7.24. The van der Waals surface area contributed by atoms with E-state index in [1.165, 1.54) is 0 Å². The van der Waals surface area contributed by atoms with Gasteiger partial charge >= 0.3 is 5.97 Å². The van der Waals surface area contributed by atoms with Crippen molar-refractivity contribution in [3.63, 3.8) is 0 Å². The number of amides is 1. The van der Waals surface area contributed by atoms with Crippen LogP contribution in [0.2, 0.25) is 0 Å². The van der Waals surface area contributed by atoms with Crippen molar-refractivity contribution >= 4 is 11.9 Å². The molecule has 0 heterocycles. The fraction of sp³-hybridized carbons (Fsp3) is 0.500. The average Bonchev–Trinajstić information content (AvgIpc) is 2.46. The Morgan fingerprint density at radius 3 is 2.57 bits per heavy atom.